The molecule has 0 aromatic rings. The van der Waals surface area contributed by atoms with Crippen molar-refractivity contribution < 1.29 is 14.7 Å². The molecular weight excluding hydrogens is 333 g/mol. The molecule has 0 unspecified atom stereocenters. The minimum Gasteiger partial charge on any atom is -0.480 e. The number of carboxylic acids is 1. The number of halogens is 1. The number of carboxylic acid groups (broad SMARTS) is 1. The van der Waals surface area contributed by atoms with Crippen molar-refractivity contribution in [3.8, 4) is 0 Å². The van der Waals surface area contributed by atoms with Crippen LogP contribution in [0.15, 0.2) is 0 Å². The smallest absolute Gasteiger partial charge is 0.321 e. The number of primary amides is 1. The SMILES string of the molecule is NC(=O)NCCCC[C@H](NSI)C(=O)O. The van der Waals surface area contributed by atoms with E-state index in [0.29, 0.717) is 13.0 Å². The molecule has 0 aliphatic heterocycles. The monoisotopic (exact) mass is 347 g/mol. The van der Waals surface area contributed by atoms with E-state index in [1.165, 1.54) is 9.12 Å². The van der Waals surface area contributed by atoms with Crippen molar-refractivity contribution >= 4 is 42.3 Å². The lowest BCUT2D eigenvalue weighted by atomic mass is 10.1. The zero-order chi connectivity index (χ0) is 11.7. The normalized spacial score (nSPS) is 12.1. The molecule has 5 N–H and O–H groups in total. The number of nitrogens with two attached hydrogens (primary N) is 1. The van der Waals surface area contributed by atoms with Crippen LogP contribution in [0.25, 0.3) is 0 Å². The maximum absolute atomic E-state index is 10.7. The number of hydrogen-bond donors (Lipinski definition) is 4. The summed E-state index contributed by atoms with van der Waals surface area (Å²) in [5.74, 6) is -0.859. The average molecular weight is 347 g/mol. The summed E-state index contributed by atoms with van der Waals surface area (Å²) in [7, 11) is 1.26. The number of aliphatic carboxylic acids is 1. The number of urea groups is 1. The van der Waals surface area contributed by atoms with E-state index in [0.717, 1.165) is 12.8 Å². The van der Waals surface area contributed by atoms with Gasteiger partial charge in [0.25, 0.3) is 0 Å². The van der Waals surface area contributed by atoms with E-state index in [2.05, 4.69) is 10.0 Å². The van der Waals surface area contributed by atoms with Crippen molar-refractivity contribution in [2.24, 2.45) is 5.73 Å². The Hall–Kier alpha value is -0.220. The molecule has 2 amide bonds. The Morgan fingerprint density at radius 3 is 2.60 bits per heavy atom. The minimum absolute atomic E-state index is 0.485. The lowest BCUT2D eigenvalue weighted by molar-refractivity contribution is -0.139. The largest absolute Gasteiger partial charge is 0.480 e. The van der Waals surface area contributed by atoms with Crippen molar-refractivity contribution in [2.75, 3.05) is 6.54 Å². The van der Waals surface area contributed by atoms with Crippen molar-refractivity contribution in [1.29, 1.82) is 0 Å². The second kappa shape index (κ2) is 9.04. The molecule has 0 saturated carbocycles. The fourth-order valence-electron chi connectivity index (χ4n) is 0.972. The highest BCUT2D eigenvalue weighted by Crippen LogP contribution is 2.10. The van der Waals surface area contributed by atoms with Gasteiger partial charge in [-0.1, -0.05) is 0 Å². The fraction of sp³-hybridized carbons (Fsp3) is 0.714. The van der Waals surface area contributed by atoms with E-state index in [-0.39, 0.29) is 0 Å². The van der Waals surface area contributed by atoms with Crippen LogP contribution < -0.4 is 15.8 Å². The molecule has 15 heavy (non-hydrogen) atoms. The molecule has 1 atom stereocenters. The lowest BCUT2D eigenvalue weighted by Gasteiger charge is -2.11. The van der Waals surface area contributed by atoms with Crippen LogP contribution in [0.5, 0.6) is 0 Å². The fourth-order valence-corrected chi connectivity index (χ4v) is 2.22. The van der Waals surface area contributed by atoms with Crippen molar-refractivity contribution in [1.82, 2.24) is 10.0 Å². The first-order valence-corrected chi connectivity index (χ1v) is 7.73. The van der Waals surface area contributed by atoms with Gasteiger partial charge in [0.2, 0.25) is 0 Å². The highest BCUT2D eigenvalue weighted by atomic mass is 127. The third kappa shape index (κ3) is 8.75. The van der Waals surface area contributed by atoms with E-state index < -0.39 is 18.0 Å². The minimum atomic E-state index is -0.859. The summed E-state index contributed by atoms with van der Waals surface area (Å²) in [6, 6.07) is -1.09. The molecule has 0 aliphatic carbocycles. The maximum Gasteiger partial charge on any atom is 0.321 e. The molecule has 0 saturated heterocycles. The van der Waals surface area contributed by atoms with Crippen LogP contribution in [-0.4, -0.2) is 29.7 Å². The third-order valence-corrected chi connectivity index (χ3v) is 2.84. The second-order valence-electron chi connectivity index (χ2n) is 2.87. The van der Waals surface area contributed by atoms with Gasteiger partial charge in [0.15, 0.2) is 0 Å². The van der Waals surface area contributed by atoms with Crippen LogP contribution in [-0.2, 0) is 4.79 Å². The Morgan fingerprint density at radius 2 is 2.13 bits per heavy atom. The van der Waals surface area contributed by atoms with E-state index in [4.69, 9.17) is 10.8 Å². The van der Waals surface area contributed by atoms with Gasteiger partial charge in [-0.2, -0.15) is 0 Å². The van der Waals surface area contributed by atoms with Crippen LogP contribution in [0.2, 0.25) is 0 Å². The highest BCUT2D eigenvalue weighted by molar-refractivity contribution is 14.2. The van der Waals surface area contributed by atoms with Crippen LogP contribution in [0.4, 0.5) is 4.79 Å². The molecule has 0 bridgehead atoms. The Morgan fingerprint density at radius 1 is 1.47 bits per heavy atom. The maximum atomic E-state index is 10.7. The first-order valence-electron chi connectivity index (χ1n) is 4.37. The highest BCUT2D eigenvalue weighted by Gasteiger charge is 2.15. The van der Waals surface area contributed by atoms with Crippen molar-refractivity contribution in [3.63, 3.8) is 0 Å². The van der Waals surface area contributed by atoms with Gasteiger partial charge >= 0.3 is 12.0 Å². The van der Waals surface area contributed by atoms with E-state index >= 15 is 0 Å². The van der Waals surface area contributed by atoms with Gasteiger partial charge in [0.1, 0.15) is 6.04 Å². The Balaban J connectivity index is 3.53. The van der Waals surface area contributed by atoms with Gasteiger partial charge in [-0.3, -0.25) is 4.79 Å². The topological polar surface area (TPSA) is 104 Å². The number of nitrogens with one attached hydrogen (secondary N) is 2. The van der Waals surface area contributed by atoms with E-state index in [1.807, 2.05) is 21.2 Å². The number of rotatable bonds is 8. The second-order valence-corrected chi connectivity index (χ2v) is 4.58. The van der Waals surface area contributed by atoms with Gasteiger partial charge in [0.05, 0.1) is 0 Å². The van der Waals surface area contributed by atoms with Crippen molar-refractivity contribution in [2.45, 2.75) is 25.3 Å². The van der Waals surface area contributed by atoms with Crippen LogP contribution in [0, 0.1) is 0 Å². The van der Waals surface area contributed by atoms with E-state index in [1.54, 1.807) is 0 Å². The van der Waals surface area contributed by atoms with Gasteiger partial charge in [-0.05, 0) is 28.4 Å². The first-order chi connectivity index (χ1) is 7.07. The summed E-state index contributed by atoms with van der Waals surface area (Å²) in [5.41, 5.74) is 4.87. The number of carbonyl (C=O) groups is 2. The molecular formula is C7H14IN3O3S. The molecule has 0 radical (unpaired) electrons. The summed E-state index contributed by atoms with van der Waals surface area (Å²) in [6.45, 7) is 0.485. The number of hydrogen-bond acceptors (Lipinski definition) is 4. The van der Waals surface area contributed by atoms with Crippen LogP contribution in [0.3, 0.4) is 0 Å². The zero-order valence-corrected chi connectivity index (χ0v) is 11.0. The average Bonchev–Trinajstić information content (AvgIpc) is 2.15. The predicted octanol–water partition coefficient (Wildman–Crippen LogP) is 0.866. The van der Waals surface area contributed by atoms with Crippen LogP contribution in [0.1, 0.15) is 19.3 Å². The molecule has 0 aromatic carbocycles. The molecule has 0 heterocycles. The summed E-state index contributed by atoms with van der Waals surface area (Å²) in [6.07, 6.45) is 1.98. The molecule has 88 valence electrons. The molecule has 6 nitrogen and oxygen atoms in total. The first kappa shape index (κ1) is 14.8. The zero-order valence-electron chi connectivity index (χ0n) is 8.03. The summed E-state index contributed by atoms with van der Waals surface area (Å²) in [5, 5.41) is 11.2. The predicted molar refractivity (Wildman–Crippen MR) is 67.6 cm³/mol. The number of amides is 2. The Labute approximate surface area is 104 Å². The van der Waals surface area contributed by atoms with Gasteiger partial charge < -0.3 is 16.2 Å². The van der Waals surface area contributed by atoms with Gasteiger partial charge in [0, 0.05) is 27.8 Å². The Bertz CT molecular complexity index is 218. The summed E-state index contributed by atoms with van der Waals surface area (Å²) in [4.78, 5) is 21.0. The Kier molecular flexibility index (Phi) is 8.91. The molecule has 8 heteroatoms. The molecule has 0 aliphatic rings. The van der Waals surface area contributed by atoms with Crippen LogP contribution >= 0.6 is 30.3 Å². The third-order valence-electron chi connectivity index (χ3n) is 1.70. The molecule has 0 spiro atoms. The molecule has 0 rings (SSSR count). The van der Waals surface area contributed by atoms with E-state index in [9.17, 15) is 9.59 Å². The number of carbonyl (C=O) groups excluding carboxylic acids is 1. The summed E-state index contributed by atoms with van der Waals surface area (Å²) >= 11 is 1.98. The van der Waals surface area contributed by atoms with Gasteiger partial charge in [-0.15, -0.1) is 0 Å². The molecule has 0 fully saturated rings. The summed E-state index contributed by atoms with van der Waals surface area (Å²) < 4.78 is 2.77. The number of unbranched alkanes of at least 4 members (excludes halogenated alkanes) is 1. The van der Waals surface area contributed by atoms with Crippen molar-refractivity contribution in [3.05, 3.63) is 0 Å². The van der Waals surface area contributed by atoms with Gasteiger partial charge in [-0.25, -0.2) is 9.52 Å². The quantitative estimate of drug-likeness (QED) is 0.296. The standard InChI is InChI=1S/C7H14IN3O3S/c8-15-11-5(6(12)13)3-1-2-4-10-7(9)14/h5,11H,1-4H2,(H,12,13)(H3,9,10,14)/t5-/m0/s1. The lowest BCUT2D eigenvalue weighted by Crippen LogP contribution is -2.32. The molecule has 0 aromatic heterocycles.